The minimum atomic E-state index is -0.239. The quantitative estimate of drug-likeness (QED) is 0.774. The fourth-order valence-electron chi connectivity index (χ4n) is 1.000. The van der Waals surface area contributed by atoms with Crippen molar-refractivity contribution in [2.75, 3.05) is 6.26 Å². The lowest BCUT2D eigenvalue weighted by Gasteiger charge is -1.96. The summed E-state index contributed by atoms with van der Waals surface area (Å²) in [6.45, 7) is 1.38. The number of carbonyl (C=O) groups is 1. The zero-order valence-corrected chi connectivity index (χ0v) is 8.85. The molecule has 3 nitrogen and oxygen atoms in total. The van der Waals surface area contributed by atoms with Crippen LogP contribution in [0.4, 0.5) is 0 Å². The molecule has 0 fully saturated rings. The fraction of sp³-hybridized carbons (Fsp3) is 0.200. The summed E-state index contributed by atoms with van der Waals surface area (Å²) in [7, 11) is 0. The number of H-pyrrole nitrogens is 1. The Morgan fingerprint density at radius 1 is 1.57 bits per heavy atom. The molecule has 4 heteroatoms. The van der Waals surface area contributed by atoms with Crippen molar-refractivity contribution < 1.29 is 4.79 Å². The summed E-state index contributed by atoms with van der Waals surface area (Å²) >= 11 is 1.54. The summed E-state index contributed by atoms with van der Waals surface area (Å²) < 4.78 is 0. The molecule has 0 aliphatic carbocycles. The summed E-state index contributed by atoms with van der Waals surface area (Å²) in [5, 5.41) is 1.86. The van der Waals surface area contributed by atoms with Gasteiger partial charge in [0, 0.05) is 18.0 Å². The molecule has 0 aliphatic rings. The lowest BCUT2D eigenvalue weighted by Crippen LogP contribution is -2.12. The van der Waals surface area contributed by atoms with Crippen LogP contribution in [0.2, 0.25) is 0 Å². The van der Waals surface area contributed by atoms with E-state index in [-0.39, 0.29) is 16.8 Å². The molecule has 14 heavy (non-hydrogen) atoms. The molecular formula is C10H11NO2S. The van der Waals surface area contributed by atoms with Gasteiger partial charge in [0.05, 0.1) is 5.56 Å². The Hall–Kier alpha value is -1.29. The van der Waals surface area contributed by atoms with E-state index in [1.807, 2.05) is 11.7 Å². The maximum atomic E-state index is 11.4. The van der Waals surface area contributed by atoms with E-state index in [1.165, 1.54) is 19.2 Å². The number of carbonyl (C=O) groups excluding carboxylic acids is 1. The van der Waals surface area contributed by atoms with E-state index in [0.29, 0.717) is 5.69 Å². The van der Waals surface area contributed by atoms with Gasteiger partial charge in [-0.25, -0.2) is 0 Å². The Bertz CT molecular complexity index is 420. The first-order chi connectivity index (χ1) is 6.65. The molecule has 1 rings (SSSR count). The maximum absolute atomic E-state index is 11.4. The first-order valence-electron chi connectivity index (χ1n) is 4.08. The van der Waals surface area contributed by atoms with E-state index < -0.39 is 0 Å². The molecule has 0 saturated heterocycles. The van der Waals surface area contributed by atoms with E-state index in [2.05, 4.69) is 4.98 Å². The minimum Gasteiger partial charge on any atom is -0.361 e. The minimum absolute atomic E-state index is 0.200. The molecule has 1 N–H and O–H groups in total. The van der Waals surface area contributed by atoms with Gasteiger partial charge in [-0.15, -0.1) is 11.8 Å². The van der Waals surface area contributed by atoms with Crippen molar-refractivity contribution in [3.8, 4) is 0 Å². The molecule has 0 radical (unpaired) electrons. The van der Waals surface area contributed by atoms with Crippen LogP contribution >= 0.6 is 11.8 Å². The van der Waals surface area contributed by atoms with Gasteiger partial charge in [-0.1, -0.05) is 0 Å². The molecule has 0 amide bonds. The number of aromatic nitrogens is 1. The highest BCUT2D eigenvalue weighted by atomic mass is 32.2. The van der Waals surface area contributed by atoms with Crippen LogP contribution in [0.15, 0.2) is 22.5 Å². The highest BCUT2D eigenvalue weighted by Gasteiger charge is 2.03. The number of aromatic amines is 1. The third-order valence-electron chi connectivity index (χ3n) is 1.70. The lowest BCUT2D eigenvalue weighted by molar-refractivity contribution is 0.101. The number of pyridine rings is 1. The standard InChI is InChI=1S/C10H11NO2S/c1-7(12)9-6-11-8(3-4-14-2)5-10(9)13/h3-6H,1-2H3,(H,11,13)/b4-3-. The largest absolute Gasteiger partial charge is 0.361 e. The van der Waals surface area contributed by atoms with Crippen molar-refractivity contribution in [3.63, 3.8) is 0 Å². The average Bonchev–Trinajstić information content (AvgIpc) is 2.14. The smallest absolute Gasteiger partial charge is 0.192 e. The molecule has 0 aliphatic heterocycles. The monoisotopic (exact) mass is 209 g/mol. The van der Waals surface area contributed by atoms with Gasteiger partial charge in [-0.3, -0.25) is 9.59 Å². The Labute approximate surface area is 86.2 Å². The number of ketones is 1. The highest BCUT2D eigenvalue weighted by Crippen LogP contribution is 2.01. The van der Waals surface area contributed by atoms with Crippen LogP contribution in [0, 0.1) is 0 Å². The number of hydrogen-bond acceptors (Lipinski definition) is 3. The van der Waals surface area contributed by atoms with Gasteiger partial charge >= 0.3 is 0 Å². The zero-order chi connectivity index (χ0) is 10.6. The number of rotatable bonds is 3. The second-order valence-electron chi connectivity index (χ2n) is 2.76. The second-order valence-corrected chi connectivity index (χ2v) is 3.50. The normalized spacial score (nSPS) is 10.7. The summed E-state index contributed by atoms with van der Waals surface area (Å²) in [5.41, 5.74) is 0.664. The van der Waals surface area contributed by atoms with Crippen molar-refractivity contribution in [1.29, 1.82) is 0 Å². The second kappa shape index (κ2) is 4.81. The van der Waals surface area contributed by atoms with E-state index in [9.17, 15) is 9.59 Å². The Balaban J connectivity index is 3.07. The van der Waals surface area contributed by atoms with Crippen molar-refractivity contribution in [3.05, 3.63) is 39.2 Å². The molecule has 0 spiro atoms. The molecule has 1 aromatic heterocycles. The molecule has 0 aromatic carbocycles. The average molecular weight is 209 g/mol. The summed E-state index contributed by atoms with van der Waals surface area (Å²) in [4.78, 5) is 25.2. The van der Waals surface area contributed by atoms with E-state index in [1.54, 1.807) is 17.8 Å². The van der Waals surface area contributed by atoms with Gasteiger partial charge in [0.2, 0.25) is 0 Å². The Kier molecular flexibility index (Phi) is 3.71. The summed E-state index contributed by atoms with van der Waals surface area (Å²) in [6, 6.07) is 1.42. The van der Waals surface area contributed by atoms with Crippen LogP contribution in [0.1, 0.15) is 23.0 Å². The number of hydrogen-bond donors (Lipinski definition) is 1. The van der Waals surface area contributed by atoms with Gasteiger partial charge in [0.15, 0.2) is 11.2 Å². The predicted octanol–water partition coefficient (Wildman–Crippen LogP) is 1.91. The van der Waals surface area contributed by atoms with E-state index >= 15 is 0 Å². The van der Waals surface area contributed by atoms with Crippen LogP contribution in [0.3, 0.4) is 0 Å². The van der Waals surface area contributed by atoms with Crippen molar-refractivity contribution in [2.45, 2.75) is 6.92 Å². The summed E-state index contributed by atoms with van der Waals surface area (Å²) in [6.07, 6.45) is 5.17. The van der Waals surface area contributed by atoms with Crippen LogP contribution in [0.5, 0.6) is 0 Å². The highest BCUT2D eigenvalue weighted by molar-refractivity contribution is 8.01. The molecule has 1 aromatic rings. The molecule has 1 heterocycles. The van der Waals surface area contributed by atoms with Gasteiger partial charge in [0.1, 0.15) is 0 Å². The predicted molar refractivity (Wildman–Crippen MR) is 59.6 cm³/mol. The lowest BCUT2D eigenvalue weighted by atomic mass is 10.2. The molecule has 0 saturated carbocycles. The number of thioether (sulfide) groups is 1. The van der Waals surface area contributed by atoms with Crippen molar-refractivity contribution >= 4 is 23.6 Å². The van der Waals surface area contributed by atoms with Crippen LogP contribution in [-0.4, -0.2) is 17.0 Å². The molecule has 0 atom stereocenters. The van der Waals surface area contributed by atoms with Crippen molar-refractivity contribution in [1.82, 2.24) is 4.98 Å². The van der Waals surface area contributed by atoms with E-state index in [4.69, 9.17) is 0 Å². The van der Waals surface area contributed by atoms with Gasteiger partial charge in [-0.2, -0.15) is 0 Å². The zero-order valence-electron chi connectivity index (χ0n) is 8.03. The van der Waals surface area contributed by atoms with Crippen molar-refractivity contribution in [2.24, 2.45) is 0 Å². The molecule has 74 valence electrons. The van der Waals surface area contributed by atoms with Crippen LogP contribution in [-0.2, 0) is 0 Å². The molecule has 0 unspecified atom stereocenters. The van der Waals surface area contributed by atoms with Gasteiger partial charge in [0.25, 0.3) is 0 Å². The van der Waals surface area contributed by atoms with Crippen LogP contribution in [0.25, 0.3) is 6.08 Å². The Morgan fingerprint density at radius 2 is 2.29 bits per heavy atom. The first kappa shape index (κ1) is 10.8. The SMILES string of the molecule is CS/C=C\c1cc(=O)c(C(C)=O)c[nH]1. The first-order valence-corrected chi connectivity index (χ1v) is 5.37. The summed E-state index contributed by atoms with van der Waals surface area (Å²) in [5.74, 6) is -0.216. The van der Waals surface area contributed by atoms with Gasteiger partial charge < -0.3 is 4.98 Å². The maximum Gasteiger partial charge on any atom is 0.192 e. The number of Topliss-reactive ketones (excluding diaryl/α,β-unsaturated/α-hetero) is 1. The van der Waals surface area contributed by atoms with Crippen LogP contribution < -0.4 is 5.43 Å². The third-order valence-corrected chi connectivity index (χ3v) is 2.11. The third kappa shape index (κ3) is 2.60. The Morgan fingerprint density at radius 3 is 2.79 bits per heavy atom. The fourth-order valence-corrected chi connectivity index (χ4v) is 1.28. The molecule has 0 bridgehead atoms. The van der Waals surface area contributed by atoms with Gasteiger partial charge in [-0.05, 0) is 24.7 Å². The van der Waals surface area contributed by atoms with E-state index in [0.717, 1.165) is 0 Å². The molecular weight excluding hydrogens is 198 g/mol. The number of nitrogens with one attached hydrogen (secondary N) is 1. The topological polar surface area (TPSA) is 49.9 Å².